The predicted molar refractivity (Wildman–Crippen MR) is 94.9 cm³/mol. The Balaban J connectivity index is 1.76. The largest absolute Gasteiger partial charge is 0.481 e. The molecule has 0 unspecified atom stereocenters. The maximum atomic E-state index is 5.55. The Labute approximate surface area is 139 Å². The monoisotopic (exact) mass is 304 g/mol. The van der Waals surface area contributed by atoms with Gasteiger partial charge in [0.1, 0.15) is 25.4 Å². The molecule has 0 N–H and O–H groups in total. The number of para-hydroxylation sites is 1. The molecule has 0 amide bonds. The highest BCUT2D eigenvalue weighted by Gasteiger charge is 2.10. The molecular weight excluding hydrogens is 282 g/mol. The number of benzene rings is 2. The van der Waals surface area contributed by atoms with Crippen LogP contribution in [0.3, 0.4) is 0 Å². The van der Waals surface area contributed by atoms with E-state index in [1.54, 1.807) is 0 Å². The first-order chi connectivity index (χ1) is 11.2. The highest BCUT2D eigenvalue weighted by atomic mass is 16.5. The number of nitrogens with zero attached hydrogens (tertiary/aromatic N) is 1. The molecule has 2 rings (SSSR count). The predicted octanol–water partition coefficient (Wildman–Crippen LogP) is 3.20. The zero-order chi connectivity index (χ0) is 16.4. The van der Waals surface area contributed by atoms with Crippen LogP contribution < -0.4 is 4.74 Å². The molecule has 23 heavy (non-hydrogen) atoms. The van der Waals surface area contributed by atoms with Crippen LogP contribution >= 0.6 is 0 Å². The standard InChI is InChI=1S/C21H22NO/c1-22(2,18-11-14-20-12-5-3-6-13-20)17-9-10-19-23-21-15-7-4-8-16-21/h3-8,12-13,15-16H,17-19H2,1-2H3/q+1. The summed E-state index contributed by atoms with van der Waals surface area (Å²) in [5.74, 6) is 13.5. The molecule has 0 saturated carbocycles. The lowest BCUT2D eigenvalue weighted by Crippen LogP contribution is -2.40. The fourth-order valence-corrected chi connectivity index (χ4v) is 1.89. The minimum atomic E-state index is 0.416. The van der Waals surface area contributed by atoms with E-state index in [9.17, 15) is 0 Å². The van der Waals surface area contributed by atoms with Crippen molar-refractivity contribution in [3.8, 4) is 29.4 Å². The molecular formula is C21H22NO+. The Morgan fingerprint density at radius 1 is 0.783 bits per heavy atom. The Bertz CT molecular complexity index is 712. The highest BCUT2D eigenvalue weighted by Crippen LogP contribution is 2.07. The average Bonchev–Trinajstić information content (AvgIpc) is 2.56. The summed E-state index contributed by atoms with van der Waals surface area (Å²) in [6.07, 6.45) is 0. The van der Waals surface area contributed by atoms with Crippen molar-refractivity contribution < 1.29 is 9.22 Å². The SMILES string of the molecule is C[N+](C)(CC#CCOc1ccccc1)CC#Cc1ccccc1. The molecule has 2 nitrogen and oxygen atoms in total. The van der Waals surface area contributed by atoms with Gasteiger partial charge in [-0.3, -0.25) is 0 Å². The number of quaternary nitrogens is 1. The topological polar surface area (TPSA) is 9.23 Å². The molecule has 0 atom stereocenters. The van der Waals surface area contributed by atoms with E-state index in [0.29, 0.717) is 6.61 Å². The van der Waals surface area contributed by atoms with Crippen molar-refractivity contribution in [2.45, 2.75) is 0 Å². The van der Waals surface area contributed by atoms with Crippen LogP contribution in [-0.2, 0) is 0 Å². The third-order valence-corrected chi connectivity index (χ3v) is 3.20. The molecule has 0 aromatic heterocycles. The van der Waals surface area contributed by atoms with Gasteiger partial charge < -0.3 is 9.22 Å². The molecule has 0 radical (unpaired) electrons. The van der Waals surface area contributed by atoms with Crippen LogP contribution in [0.1, 0.15) is 5.56 Å². The Morgan fingerprint density at radius 3 is 2.09 bits per heavy atom. The van der Waals surface area contributed by atoms with Gasteiger partial charge >= 0.3 is 0 Å². The van der Waals surface area contributed by atoms with Gasteiger partial charge in [0.25, 0.3) is 0 Å². The molecule has 0 aliphatic heterocycles. The van der Waals surface area contributed by atoms with E-state index in [1.807, 2.05) is 60.7 Å². The molecule has 2 aromatic carbocycles. The zero-order valence-electron chi connectivity index (χ0n) is 13.8. The van der Waals surface area contributed by atoms with Gasteiger partial charge in [-0.2, -0.15) is 0 Å². The fraction of sp³-hybridized carbons (Fsp3) is 0.238. The van der Waals surface area contributed by atoms with Gasteiger partial charge in [-0.25, -0.2) is 0 Å². The minimum Gasteiger partial charge on any atom is -0.481 e. The van der Waals surface area contributed by atoms with Crippen molar-refractivity contribution in [3.63, 3.8) is 0 Å². The van der Waals surface area contributed by atoms with E-state index in [1.165, 1.54) is 0 Å². The first-order valence-electron chi connectivity index (χ1n) is 7.65. The van der Waals surface area contributed by atoms with Crippen molar-refractivity contribution in [1.82, 2.24) is 0 Å². The molecule has 0 saturated heterocycles. The van der Waals surface area contributed by atoms with Gasteiger partial charge in [0.2, 0.25) is 0 Å². The van der Waals surface area contributed by atoms with Crippen molar-refractivity contribution >= 4 is 0 Å². The van der Waals surface area contributed by atoms with Gasteiger partial charge in [0, 0.05) is 5.56 Å². The number of hydrogen-bond donors (Lipinski definition) is 0. The van der Waals surface area contributed by atoms with E-state index in [-0.39, 0.29) is 0 Å². The molecule has 0 fully saturated rings. The Morgan fingerprint density at radius 2 is 1.39 bits per heavy atom. The van der Waals surface area contributed by atoms with Gasteiger partial charge in [-0.05, 0) is 36.1 Å². The van der Waals surface area contributed by atoms with Gasteiger partial charge in [-0.1, -0.05) is 48.2 Å². The van der Waals surface area contributed by atoms with E-state index >= 15 is 0 Å². The van der Waals surface area contributed by atoms with Crippen LogP contribution in [-0.4, -0.2) is 38.3 Å². The summed E-state index contributed by atoms with van der Waals surface area (Å²) >= 11 is 0. The molecule has 0 spiro atoms. The molecule has 116 valence electrons. The second-order valence-electron chi connectivity index (χ2n) is 5.88. The van der Waals surface area contributed by atoms with Gasteiger partial charge in [-0.15, -0.1) is 0 Å². The summed E-state index contributed by atoms with van der Waals surface area (Å²) in [4.78, 5) is 0. The first-order valence-corrected chi connectivity index (χ1v) is 7.65. The van der Waals surface area contributed by atoms with E-state index in [0.717, 1.165) is 28.9 Å². The van der Waals surface area contributed by atoms with E-state index in [2.05, 4.69) is 37.8 Å². The maximum absolute atomic E-state index is 5.55. The molecule has 0 aliphatic rings. The number of hydrogen-bond acceptors (Lipinski definition) is 1. The van der Waals surface area contributed by atoms with Gasteiger partial charge in [0.15, 0.2) is 0 Å². The first kappa shape index (κ1) is 16.7. The maximum Gasteiger partial charge on any atom is 0.149 e. The van der Waals surface area contributed by atoms with Gasteiger partial charge in [0.05, 0.1) is 14.1 Å². The third kappa shape index (κ3) is 6.74. The second kappa shape index (κ2) is 8.69. The van der Waals surface area contributed by atoms with E-state index < -0.39 is 0 Å². The van der Waals surface area contributed by atoms with Crippen LogP contribution in [0.2, 0.25) is 0 Å². The number of rotatable bonds is 4. The highest BCUT2D eigenvalue weighted by molar-refractivity contribution is 5.33. The summed E-state index contributed by atoms with van der Waals surface area (Å²) < 4.78 is 6.30. The summed E-state index contributed by atoms with van der Waals surface area (Å²) in [5, 5.41) is 0. The normalized spacial score (nSPS) is 10.0. The lowest BCUT2D eigenvalue weighted by atomic mass is 10.2. The minimum absolute atomic E-state index is 0.416. The lowest BCUT2D eigenvalue weighted by molar-refractivity contribution is -0.875. The summed E-state index contributed by atoms with van der Waals surface area (Å²) in [7, 11) is 4.26. The van der Waals surface area contributed by atoms with Crippen LogP contribution in [0.4, 0.5) is 0 Å². The summed E-state index contributed by atoms with van der Waals surface area (Å²) in [6, 6.07) is 19.8. The molecule has 2 aromatic rings. The van der Waals surface area contributed by atoms with E-state index in [4.69, 9.17) is 4.74 Å². The lowest BCUT2D eigenvalue weighted by Gasteiger charge is -2.24. The van der Waals surface area contributed by atoms with Crippen LogP contribution in [0, 0.1) is 23.7 Å². The zero-order valence-corrected chi connectivity index (χ0v) is 13.8. The van der Waals surface area contributed by atoms with Crippen LogP contribution in [0.5, 0.6) is 5.75 Å². The molecule has 0 heterocycles. The molecule has 0 aliphatic carbocycles. The number of ether oxygens (including phenoxy) is 1. The Kier molecular flexibility index (Phi) is 6.30. The van der Waals surface area contributed by atoms with Crippen molar-refractivity contribution in [2.75, 3.05) is 33.8 Å². The molecule has 0 bridgehead atoms. The van der Waals surface area contributed by atoms with Crippen LogP contribution in [0.15, 0.2) is 60.7 Å². The molecule has 2 heteroatoms. The average molecular weight is 304 g/mol. The van der Waals surface area contributed by atoms with Crippen molar-refractivity contribution in [2.24, 2.45) is 0 Å². The third-order valence-electron chi connectivity index (χ3n) is 3.20. The van der Waals surface area contributed by atoms with Crippen LogP contribution in [0.25, 0.3) is 0 Å². The second-order valence-corrected chi connectivity index (χ2v) is 5.88. The van der Waals surface area contributed by atoms with Crippen molar-refractivity contribution in [3.05, 3.63) is 66.2 Å². The Hall–Kier alpha value is -2.68. The smallest absolute Gasteiger partial charge is 0.149 e. The fourth-order valence-electron chi connectivity index (χ4n) is 1.89. The summed E-state index contributed by atoms with van der Waals surface area (Å²) in [5.41, 5.74) is 1.05. The summed E-state index contributed by atoms with van der Waals surface area (Å²) in [6.45, 7) is 1.93. The van der Waals surface area contributed by atoms with Crippen molar-refractivity contribution in [1.29, 1.82) is 0 Å². The quantitative estimate of drug-likeness (QED) is 0.622.